The molecule has 0 bridgehead atoms. The van der Waals surface area contributed by atoms with Crippen LogP contribution in [0.3, 0.4) is 0 Å². The highest BCUT2D eigenvalue weighted by atomic mass is 19.1. The minimum Gasteiger partial charge on any atom is -0.497 e. The molecule has 0 atom stereocenters. The molecule has 0 radical (unpaired) electrons. The fourth-order valence-electron chi connectivity index (χ4n) is 2.17. The number of anilines is 1. The Balaban J connectivity index is 1.95. The molecule has 0 saturated heterocycles. The molecule has 2 rings (SSSR count). The van der Waals surface area contributed by atoms with Crippen LogP contribution in [-0.4, -0.2) is 19.7 Å². The van der Waals surface area contributed by atoms with Gasteiger partial charge in [0, 0.05) is 12.0 Å². The van der Waals surface area contributed by atoms with Gasteiger partial charge in [-0.25, -0.2) is 9.18 Å². The van der Waals surface area contributed by atoms with Gasteiger partial charge < -0.3 is 15.4 Å². The number of carbonyl (C=O) groups is 1. The van der Waals surface area contributed by atoms with E-state index >= 15 is 0 Å². The summed E-state index contributed by atoms with van der Waals surface area (Å²) in [4.78, 5) is 11.9. The zero-order chi connectivity index (χ0) is 16.9. The minimum atomic E-state index is -0.461. The summed E-state index contributed by atoms with van der Waals surface area (Å²) in [5.74, 6) is 0.326. The van der Waals surface area contributed by atoms with Gasteiger partial charge in [0.2, 0.25) is 0 Å². The van der Waals surface area contributed by atoms with Crippen molar-refractivity contribution in [2.24, 2.45) is 0 Å². The number of amides is 2. The van der Waals surface area contributed by atoms with Crippen molar-refractivity contribution in [3.8, 4) is 5.75 Å². The highest BCUT2D eigenvalue weighted by molar-refractivity contribution is 5.89. The lowest BCUT2D eigenvalue weighted by Gasteiger charge is -2.26. The molecule has 0 fully saturated rings. The molecule has 2 aromatic rings. The van der Waals surface area contributed by atoms with Gasteiger partial charge >= 0.3 is 6.03 Å². The average molecular weight is 316 g/mol. The Morgan fingerprint density at radius 1 is 1.13 bits per heavy atom. The summed E-state index contributed by atoms with van der Waals surface area (Å²) < 4.78 is 18.6. The molecule has 4 nitrogen and oxygen atoms in total. The third-order valence-corrected chi connectivity index (χ3v) is 3.68. The molecule has 0 aliphatic carbocycles. The Bertz CT molecular complexity index is 669. The Hall–Kier alpha value is -2.56. The quantitative estimate of drug-likeness (QED) is 0.878. The molecule has 5 heteroatoms. The van der Waals surface area contributed by atoms with Gasteiger partial charge in [-0.15, -0.1) is 0 Å². The number of methoxy groups -OCH3 is 1. The number of ether oxygens (including phenoxy) is 1. The summed E-state index contributed by atoms with van der Waals surface area (Å²) in [6.45, 7) is 4.47. The lowest BCUT2D eigenvalue weighted by molar-refractivity contribution is 0.249. The molecule has 0 aliphatic rings. The Morgan fingerprint density at radius 3 is 2.39 bits per heavy atom. The van der Waals surface area contributed by atoms with Gasteiger partial charge in [-0.1, -0.05) is 38.1 Å². The summed E-state index contributed by atoms with van der Waals surface area (Å²) in [6.07, 6.45) is 0. The number of hydrogen-bond acceptors (Lipinski definition) is 2. The molecule has 2 amide bonds. The molecule has 2 N–H and O–H groups in total. The first kappa shape index (κ1) is 16.8. The van der Waals surface area contributed by atoms with Gasteiger partial charge in [0.1, 0.15) is 11.6 Å². The van der Waals surface area contributed by atoms with Crippen molar-refractivity contribution in [2.75, 3.05) is 19.0 Å². The number of urea groups is 1. The smallest absolute Gasteiger partial charge is 0.319 e. The molecule has 0 spiro atoms. The van der Waals surface area contributed by atoms with Gasteiger partial charge in [-0.3, -0.25) is 0 Å². The Kier molecular flexibility index (Phi) is 5.21. The van der Waals surface area contributed by atoms with Crippen molar-refractivity contribution >= 4 is 11.7 Å². The first-order valence-electron chi connectivity index (χ1n) is 7.36. The SMILES string of the molecule is COc1ccc(C(C)(C)CNC(=O)Nc2ccccc2F)cc1. The zero-order valence-corrected chi connectivity index (χ0v) is 13.5. The number of rotatable bonds is 5. The number of nitrogens with one attached hydrogen (secondary N) is 2. The topological polar surface area (TPSA) is 50.4 Å². The lowest BCUT2D eigenvalue weighted by Crippen LogP contribution is -2.39. The monoisotopic (exact) mass is 316 g/mol. The van der Waals surface area contributed by atoms with Crippen LogP contribution >= 0.6 is 0 Å². The number of hydrogen-bond donors (Lipinski definition) is 2. The highest BCUT2D eigenvalue weighted by Crippen LogP contribution is 2.24. The third kappa shape index (κ3) is 4.45. The summed E-state index contributed by atoms with van der Waals surface area (Å²) in [7, 11) is 1.62. The van der Waals surface area contributed by atoms with E-state index in [4.69, 9.17) is 4.74 Å². The molecular formula is C18H21FN2O2. The Morgan fingerprint density at radius 2 is 1.78 bits per heavy atom. The maximum absolute atomic E-state index is 13.5. The molecule has 122 valence electrons. The van der Waals surface area contributed by atoms with Crippen LogP contribution in [0.1, 0.15) is 19.4 Å². The van der Waals surface area contributed by atoms with Crippen LogP contribution in [-0.2, 0) is 5.41 Å². The van der Waals surface area contributed by atoms with Crippen molar-refractivity contribution < 1.29 is 13.9 Å². The van der Waals surface area contributed by atoms with E-state index in [1.165, 1.54) is 12.1 Å². The molecule has 0 aromatic heterocycles. The molecular weight excluding hydrogens is 295 g/mol. The summed E-state index contributed by atoms with van der Waals surface area (Å²) in [6, 6.07) is 13.3. The van der Waals surface area contributed by atoms with Crippen molar-refractivity contribution in [1.29, 1.82) is 0 Å². The zero-order valence-electron chi connectivity index (χ0n) is 13.5. The van der Waals surface area contributed by atoms with Crippen LogP contribution in [0.15, 0.2) is 48.5 Å². The average Bonchev–Trinajstić information content (AvgIpc) is 2.55. The van der Waals surface area contributed by atoms with Gasteiger partial charge in [0.15, 0.2) is 0 Å². The third-order valence-electron chi connectivity index (χ3n) is 3.68. The van der Waals surface area contributed by atoms with E-state index in [0.717, 1.165) is 11.3 Å². The normalized spacial score (nSPS) is 11.0. The van der Waals surface area contributed by atoms with Crippen LogP contribution in [0, 0.1) is 5.82 Å². The van der Waals surface area contributed by atoms with Crippen molar-refractivity contribution in [3.05, 3.63) is 59.9 Å². The van der Waals surface area contributed by atoms with Crippen molar-refractivity contribution in [2.45, 2.75) is 19.3 Å². The predicted octanol–water partition coefficient (Wildman–Crippen LogP) is 3.93. The molecule has 0 unspecified atom stereocenters. The second kappa shape index (κ2) is 7.13. The van der Waals surface area contributed by atoms with Crippen LogP contribution in [0.4, 0.5) is 14.9 Å². The van der Waals surface area contributed by atoms with Gasteiger partial charge in [-0.2, -0.15) is 0 Å². The minimum absolute atomic E-state index is 0.159. The van der Waals surface area contributed by atoms with E-state index < -0.39 is 11.8 Å². The highest BCUT2D eigenvalue weighted by Gasteiger charge is 2.21. The molecule has 2 aromatic carbocycles. The van der Waals surface area contributed by atoms with E-state index in [1.54, 1.807) is 19.2 Å². The first-order valence-corrected chi connectivity index (χ1v) is 7.36. The summed E-state index contributed by atoms with van der Waals surface area (Å²) >= 11 is 0. The van der Waals surface area contributed by atoms with Crippen LogP contribution in [0.2, 0.25) is 0 Å². The van der Waals surface area contributed by atoms with Gasteiger partial charge in [-0.05, 0) is 29.8 Å². The maximum atomic E-state index is 13.5. The predicted molar refractivity (Wildman–Crippen MR) is 89.4 cm³/mol. The van der Waals surface area contributed by atoms with E-state index in [2.05, 4.69) is 10.6 Å². The van der Waals surface area contributed by atoms with E-state index in [-0.39, 0.29) is 11.1 Å². The fourth-order valence-corrected chi connectivity index (χ4v) is 2.17. The molecule has 0 saturated carbocycles. The van der Waals surface area contributed by atoms with Crippen molar-refractivity contribution in [1.82, 2.24) is 5.32 Å². The van der Waals surface area contributed by atoms with Crippen LogP contribution in [0.5, 0.6) is 5.75 Å². The molecule has 0 heterocycles. The fraction of sp³-hybridized carbons (Fsp3) is 0.278. The number of para-hydroxylation sites is 1. The number of carbonyl (C=O) groups excluding carboxylic acids is 1. The second-order valence-corrected chi connectivity index (χ2v) is 5.90. The van der Waals surface area contributed by atoms with E-state index in [1.807, 2.05) is 38.1 Å². The van der Waals surface area contributed by atoms with Crippen LogP contribution in [0.25, 0.3) is 0 Å². The molecule has 23 heavy (non-hydrogen) atoms. The van der Waals surface area contributed by atoms with Crippen LogP contribution < -0.4 is 15.4 Å². The largest absolute Gasteiger partial charge is 0.497 e. The van der Waals surface area contributed by atoms with E-state index in [9.17, 15) is 9.18 Å². The number of halogens is 1. The Labute approximate surface area is 135 Å². The summed E-state index contributed by atoms with van der Waals surface area (Å²) in [5.41, 5.74) is 0.968. The van der Waals surface area contributed by atoms with Gasteiger partial charge in [0.25, 0.3) is 0 Å². The second-order valence-electron chi connectivity index (χ2n) is 5.90. The number of benzene rings is 2. The van der Waals surface area contributed by atoms with Crippen molar-refractivity contribution in [3.63, 3.8) is 0 Å². The summed E-state index contributed by atoms with van der Waals surface area (Å²) in [5, 5.41) is 5.29. The molecule has 0 aliphatic heterocycles. The maximum Gasteiger partial charge on any atom is 0.319 e. The standard InChI is InChI=1S/C18H21FN2O2/c1-18(2,13-8-10-14(23-3)11-9-13)12-20-17(22)21-16-7-5-4-6-15(16)19/h4-11H,12H2,1-3H3,(H2,20,21,22). The van der Waals surface area contributed by atoms with Gasteiger partial charge in [0.05, 0.1) is 12.8 Å². The lowest BCUT2D eigenvalue weighted by atomic mass is 9.84. The van der Waals surface area contributed by atoms with E-state index in [0.29, 0.717) is 6.54 Å². The first-order chi connectivity index (χ1) is 10.9.